The van der Waals surface area contributed by atoms with Crippen LogP contribution >= 0.6 is 0 Å². The van der Waals surface area contributed by atoms with Crippen molar-refractivity contribution in [2.75, 3.05) is 19.6 Å². The topological polar surface area (TPSA) is 66.8 Å². The molecule has 1 aromatic carbocycles. The highest BCUT2D eigenvalue weighted by Gasteiger charge is 2.36. The molecule has 1 aromatic heterocycles. The number of aliphatic imine (C=N–C) groups is 1. The zero-order chi connectivity index (χ0) is 25.8. The lowest BCUT2D eigenvalue weighted by atomic mass is 10.0. The van der Waals surface area contributed by atoms with Crippen molar-refractivity contribution >= 4 is 11.7 Å². The molecule has 1 saturated heterocycles. The zero-order valence-electron chi connectivity index (χ0n) is 20.7. The van der Waals surface area contributed by atoms with E-state index < -0.39 is 17.3 Å². The molecule has 0 atom stereocenters. The van der Waals surface area contributed by atoms with Gasteiger partial charge < -0.3 is 15.0 Å². The SMILES string of the molecule is CC(C)(/N=C(\c1ccccn1)N1CCC(Oc2ccccc2C(F)(F)F)CC1)C(=O)NCCC1CC1. The molecule has 1 amide bonds. The van der Waals surface area contributed by atoms with Gasteiger partial charge in [0.15, 0.2) is 5.84 Å². The van der Waals surface area contributed by atoms with Gasteiger partial charge in [0.25, 0.3) is 0 Å². The van der Waals surface area contributed by atoms with Gasteiger partial charge >= 0.3 is 6.18 Å². The molecular formula is C27H33F3N4O2. The van der Waals surface area contributed by atoms with Crippen LogP contribution in [0.4, 0.5) is 13.2 Å². The zero-order valence-corrected chi connectivity index (χ0v) is 20.7. The molecule has 0 spiro atoms. The van der Waals surface area contributed by atoms with Gasteiger partial charge in [-0.2, -0.15) is 13.2 Å². The number of likely N-dealkylation sites (tertiary alicyclic amines) is 1. The Bertz CT molecular complexity index is 1060. The Morgan fingerprint density at radius 2 is 1.78 bits per heavy atom. The molecule has 1 saturated carbocycles. The summed E-state index contributed by atoms with van der Waals surface area (Å²) >= 11 is 0. The second-order valence-corrected chi connectivity index (χ2v) is 10.00. The number of nitrogens with one attached hydrogen (secondary N) is 1. The van der Waals surface area contributed by atoms with E-state index in [1.54, 1.807) is 26.1 Å². The Labute approximate surface area is 210 Å². The van der Waals surface area contributed by atoms with Crippen molar-refractivity contribution in [1.29, 1.82) is 0 Å². The van der Waals surface area contributed by atoms with Gasteiger partial charge in [-0.05, 0) is 50.5 Å². The summed E-state index contributed by atoms with van der Waals surface area (Å²) in [5.41, 5.74) is -1.12. The first-order valence-corrected chi connectivity index (χ1v) is 12.5. The molecule has 2 aliphatic rings. The molecule has 0 unspecified atom stereocenters. The van der Waals surface area contributed by atoms with Gasteiger partial charge in [-0.3, -0.25) is 14.8 Å². The van der Waals surface area contributed by atoms with E-state index in [1.807, 2.05) is 23.1 Å². The molecule has 2 aromatic rings. The second kappa shape index (κ2) is 10.9. The normalized spacial score (nSPS) is 17.7. The Kier molecular flexibility index (Phi) is 7.85. The summed E-state index contributed by atoms with van der Waals surface area (Å²) in [4.78, 5) is 24.3. The van der Waals surface area contributed by atoms with Crippen molar-refractivity contribution in [2.24, 2.45) is 10.9 Å². The van der Waals surface area contributed by atoms with Gasteiger partial charge in [0.2, 0.25) is 5.91 Å². The number of hydrogen-bond acceptors (Lipinski definition) is 4. The average molecular weight is 503 g/mol. The van der Waals surface area contributed by atoms with E-state index in [9.17, 15) is 18.0 Å². The summed E-state index contributed by atoms with van der Waals surface area (Å²) in [6.45, 7) is 5.25. The van der Waals surface area contributed by atoms with Gasteiger partial charge in [-0.15, -0.1) is 0 Å². The molecule has 4 rings (SSSR count). The van der Waals surface area contributed by atoms with E-state index in [-0.39, 0.29) is 17.8 Å². The molecule has 0 radical (unpaired) electrons. The van der Waals surface area contributed by atoms with E-state index in [0.29, 0.717) is 44.0 Å². The Hall–Kier alpha value is -3.10. The molecule has 0 bridgehead atoms. The lowest BCUT2D eigenvalue weighted by Crippen LogP contribution is -2.46. The number of pyridine rings is 1. The monoisotopic (exact) mass is 502 g/mol. The third-order valence-electron chi connectivity index (χ3n) is 6.60. The summed E-state index contributed by atoms with van der Waals surface area (Å²) in [6, 6.07) is 10.8. The maximum Gasteiger partial charge on any atom is 0.419 e. The molecule has 9 heteroatoms. The minimum Gasteiger partial charge on any atom is -0.490 e. The number of carbonyl (C=O) groups excluding carboxylic acids is 1. The van der Waals surface area contributed by atoms with Crippen LogP contribution in [0.25, 0.3) is 0 Å². The summed E-state index contributed by atoms with van der Waals surface area (Å²) in [6.07, 6.45) is 1.36. The number of hydrogen-bond donors (Lipinski definition) is 1. The lowest BCUT2D eigenvalue weighted by molar-refractivity contribution is -0.139. The molecule has 1 aliphatic carbocycles. The fourth-order valence-corrected chi connectivity index (χ4v) is 4.28. The van der Waals surface area contributed by atoms with Crippen LogP contribution in [-0.2, 0) is 11.0 Å². The second-order valence-electron chi connectivity index (χ2n) is 10.00. The molecule has 194 valence electrons. The number of rotatable bonds is 8. The first-order valence-electron chi connectivity index (χ1n) is 12.5. The highest BCUT2D eigenvalue weighted by Crippen LogP contribution is 2.37. The van der Waals surface area contributed by atoms with Crippen molar-refractivity contribution in [3.05, 3.63) is 59.9 Å². The molecule has 6 nitrogen and oxygen atoms in total. The predicted molar refractivity (Wildman–Crippen MR) is 132 cm³/mol. The number of carbonyl (C=O) groups is 1. The summed E-state index contributed by atoms with van der Waals surface area (Å²) in [7, 11) is 0. The summed E-state index contributed by atoms with van der Waals surface area (Å²) < 4.78 is 45.9. The number of para-hydroxylation sites is 1. The van der Waals surface area contributed by atoms with Gasteiger partial charge in [0.05, 0.1) is 5.56 Å². The Balaban J connectivity index is 1.45. The van der Waals surface area contributed by atoms with Gasteiger partial charge in [-0.1, -0.05) is 31.0 Å². The van der Waals surface area contributed by atoms with Crippen molar-refractivity contribution < 1.29 is 22.7 Å². The maximum atomic E-state index is 13.4. The number of benzene rings is 1. The number of nitrogens with zero attached hydrogens (tertiary/aromatic N) is 3. The van der Waals surface area contributed by atoms with E-state index in [1.165, 1.54) is 25.0 Å². The van der Waals surface area contributed by atoms with Crippen molar-refractivity contribution in [2.45, 2.75) is 63.8 Å². The van der Waals surface area contributed by atoms with Gasteiger partial charge in [0, 0.05) is 38.7 Å². The highest BCUT2D eigenvalue weighted by molar-refractivity contribution is 5.99. The maximum absolute atomic E-state index is 13.4. The minimum atomic E-state index is -4.47. The van der Waals surface area contributed by atoms with Crippen molar-refractivity contribution in [1.82, 2.24) is 15.2 Å². The highest BCUT2D eigenvalue weighted by atomic mass is 19.4. The average Bonchev–Trinajstić information content (AvgIpc) is 3.68. The first-order chi connectivity index (χ1) is 17.1. The molecule has 1 N–H and O–H groups in total. The van der Waals surface area contributed by atoms with Crippen LogP contribution in [0.3, 0.4) is 0 Å². The first kappa shape index (κ1) is 26.0. The third kappa shape index (κ3) is 6.77. The van der Waals surface area contributed by atoms with E-state index in [4.69, 9.17) is 9.73 Å². The van der Waals surface area contributed by atoms with E-state index >= 15 is 0 Å². The fraction of sp³-hybridized carbons (Fsp3) is 0.519. The van der Waals surface area contributed by atoms with Gasteiger partial charge in [-0.25, -0.2) is 0 Å². The Morgan fingerprint density at radius 1 is 1.08 bits per heavy atom. The third-order valence-corrected chi connectivity index (χ3v) is 6.60. The van der Waals surface area contributed by atoms with Crippen molar-refractivity contribution in [3.63, 3.8) is 0 Å². The number of piperidine rings is 1. The summed E-state index contributed by atoms with van der Waals surface area (Å²) in [5.74, 6) is 1.05. The number of ether oxygens (including phenoxy) is 1. The molecule has 1 aliphatic heterocycles. The molecule has 2 fully saturated rings. The number of amidine groups is 1. The smallest absolute Gasteiger partial charge is 0.419 e. The van der Waals surface area contributed by atoms with Crippen LogP contribution in [0.1, 0.15) is 57.2 Å². The predicted octanol–water partition coefficient (Wildman–Crippen LogP) is 5.09. The van der Waals surface area contributed by atoms with Crippen molar-refractivity contribution in [3.8, 4) is 5.75 Å². The van der Waals surface area contributed by atoms with Gasteiger partial charge in [0.1, 0.15) is 23.1 Å². The molecular weight excluding hydrogens is 469 g/mol. The van der Waals surface area contributed by atoms with Crippen LogP contribution in [0.2, 0.25) is 0 Å². The van der Waals surface area contributed by atoms with Crippen LogP contribution in [0, 0.1) is 5.92 Å². The van der Waals surface area contributed by atoms with Crippen LogP contribution < -0.4 is 10.1 Å². The lowest BCUT2D eigenvalue weighted by Gasteiger charge is -2.35. The van der Waals surface area contributed by atoms with Crippen LogP contribution in [0.15, 0.2) is 53.7 Å². The Morgan fingerprint density at radius 3 is 2.42 bits per heavy atom. The largest absolute Gasteiger partial charge is 0.490 e. The fourth-order valence-electron chi connectivity index (χ4n) is 4.28. The van der Waals surface area contributed by atoms with Crippen LogP contribution in [0.5, 0.6) is 5.75 Å². The number of halogens is 3. The van der Waals surface area contributed by atoms with E-state index in [2.05, 4.69) is 10.3 Å². The quantitative estimate of drug-likeness (QED) is 0.404. The number of amides is 1. The minimum absolute atomic E-state index is 0.140. The summed E-state index contributed by atoms with van der Waals surface area (Å²) in [5, 5.41) is 3.01. The van der Waals surface area contributed by atoms with Crippen LogP contribution in [-0.4, -0.2) is 52.9 Å². The number of aromatic nitrogens is 1. The molecule has 2 heterocycles. The van der Waals surface area contributed by atoms with E-state index in [0.717, 1.165) is 18.4 Å². The molecule has 36 heavy (non-hydrogen) atoms. The number of alkyl halides is 3. The standard InChI is InChI=1S/C27H33F3N4O2/c1-26(2,25(35)32-16-12-19-10-11-19)33-24(22-8-5-6-15-31-22)34-17-13-20(14-18-34)36-23-9-4-3-7-21(23)27(28,29)30/h3-9,15,19-20H,10-14,16-18H2,1-2H3,(H,32,35)/b33-24+.